The summed E-state index contributed by atoms with van der Waals surface area (Å²) in [4.78, 5) is 7.66. The molecule has 0 radical (unpaired) electrons. The first-order valence-corrected chi connectivity index (χ1v) is 5.46. The average Bonchev–Trinajstić information content (AvgIpc) is 2.18. The molecule has 0 saturated carbocycles. The van der Waals surface area contributed by atoms with Gasteiger partial charge in [-0.15, -0.1) is 0 Å². The first-order chi connectivity index (χ1) is 7.37. The third-order valence-corrected chi connectivity index (χ3v) is 2.73. The van der Waals surface area contributed by atoms with E-state index in [1.165, 1.54) is 0 Å². The second-order valence-electron chi connectivity index (χ2n) is 3.14. The van der Waals surface area contributed by atoms with E-state index in [1.54, 1.807) is 7.05 Å². The standard InChI is InChI=1S/C9H11BrF3N3/c1-3-5-7(10)8(14-2)16-6(15-5)4-9(11,12)13/h3-4H2,1-2H3,(H,14,15,16). The molecule has 0 spiro atoms. The van der Waals surface area contributed by atoms with Crippen LogP contribution in [0.5, 0.6) is 0 Å². The van der Waals surface area contributed by atoms with Crippen LogP contribution in [0.15, 0.2) is 4.47 Å². The zero-order chi connectivity index (χ0) is 12.3. The first-order valence-electron chi connectivity index (χ1n) is 4.67. The van der Waals surface area contributed by atoms with Crippen molar-refractivity contribution in [3.05, 3.63) is 16.0 Å². The van der Waals surface area contributed by atoms with Crippen LogP contribution in [0, 0.1) is 0 Å². The summed E-state index contributed by atoms with van der Waals surface area (Å²) in [6.07, 6.45) is -4.85. The van der Waals surface area contributed by atoms with E-state index in [0.29, 0.717) is 22.4 Å². The maximum Gasteiger partial charge on any atom is 0.396 e. The first kappa shape index (κ1) is 13.2. The number of hydrogen-bond donors (Lipinski definition) is 1. The molecule has 7 heteroatoms. The third kappa shape index (κ3) is 3.33. The molecule has 0 saturated heterocycles. The third-order valence-electron chi connectivity index (χ3n) is 1.90. The van der Waals surface area contributed by atoms with E-state index >= 15 is 0 Å². The second kappa shape index (κ2) is 4.99. The summed E-state index contributed by atoms with van der Waals surface area (Å²) in [6, 6.07) is 0. The fourth-order valence-corrected chi connectivity index (χ4v) is 1.86. The predicted octanol–water partition coefficient (Wildman–Crippen LogP) is 2.95. The Bertz CT molecular complexity index is 354. The molecule has 1 heterocycles. The largest absolute Gasteiger partial charge is 0.396 e. The zero-order valence-electron chi connectivity index (χ0n) is 8.82. The van der Waals surface area contributed by atoms with Gasteiger partial charge in [0.05, 0.1) is 10.2 Å². The molecule has 0 aromatic carbocycles. The number of nitrogens with zero attached hydrogens (tertiary/aromatic N) is 2. The minimum atomic E-state index is -4.29. The van der Waals surface area contributed by atoms with Crippen molar-refractivity contribution < 1.29 is 13.2 Å². The molecular formula is C9H11BrF3N3. The summed E-state index contributed by atoms with van der Waals surface area (Å²) in [7, 11) is 1.60. The molecule has 1 rings (SSSR count). The Kier molecular flexibility index (Phi) is 4.12. The molecule has 0 fully saturated rings. The van der Waals surface area contributed by atoms with E-state index in [1.807, 2.05) is 6.92 Å². The van der Waals surface area contributed by atoms with Gasteiger partial charge in [0.25, 0.3) is 0 Å². The van der Waals surface area contributed by atoms with Gasteiger partial charge in [-0.25, -0.2) is 9.97 Å². The van der Waals surface area contributed by atoms with Crippen molar-refractivity contribution in [3.8, 4) is 0 Å². The summed E-state index contributed by atoms with van der Waals surface area (Å²) in [6.45, 7) is 1.82. The molecule has 0 unspecified atom stereocenters. The Morgan fingerprint density at radius 2 is 1.94 bits per heavy atom. The average molecular weight is 298 g/mol. The molecule has 0 amide bonds. The van der Waals surface area contributed by atoms with Gasteiger partial charge < -0.3 is 5.32 Å². The monoisotopic (exact) mass is 297 g/mol. The molecule has 1 aromatic heterocycles. The molecule has 90 valence electrons. The highest BCUT2D eigenvalue weighted by molar-refractivity contribution is 9.10. The topological polar surface area (TPSA) is 37.8 Å². The van der Waals surface area contributed by atoms with Gasteiger partial charge in [0.15, 0.2) is 0 Å². The van der Waals surface area contributed by atoms with Gasteiger partial charge >= 0.3 is 6.18 Å². The van der Waals surface area contributed by atoms with Crippen LogP contribution in [-0.4, -0.2) is 23.2 Å². The van der Waals surface area contributed by atoms with Gasteiger partial charge in [0.1, 0.15) is 18.1 Å². The predicted molar refractivity (Wildman–Crippen MR) is 58.4 cm³/mol. The van der Waals surface area contributed by atoms with E-state index in [-0.39, 0.29) is 5.82 Å². The minimum absolute atomic E-state index is 0.211. The van der Waals surface area contributed by atoms with Gasteiger partial charge in [0.2, 0.25) is 0 Å². The van der Waals surface area contributed by atoms with Crippen molar-refractivity contribution in [2.24, 2.45) is 0 Å². The van der Waals surface area contributed by atoms with Gasteiger partial charge in [-0.2, -0.15) is 13.2 Å². The highest BCUT2D eigenvalue weighted by Crippen LogP contribution is 2.26. The van der Waals surface area contributed by atoms with Crippen LogP contribution in [-0.2, 0) is 12.8 Å². The molecule has 0 atom stereocenters. The molecule has 3 nitrogen and oxygen atoms in total. The maximum atomic E-state index is 12.2. The van der Waals surface area contributed by atoms with Gasteiger partial charge in [-0.1, -0.05) is 6.92 Å². The van der Waals surface area contributed by atoms with Crippen LogP contribution < -0.4 is 5.32 Å². The summed E-state index contributed by atoms with van der Waals surface area (Å²) >= 11 is 3.25. The molecule has 0 aliphatic heterocycles. The Hall–Kier alpha value is -0.850. The van der Waals surface area contributed by atoms with E-state index < -0.39 is 12.6 Å². The molecule has 1 aromatic rings. The molecule has 0 aliphatic carbocycles. The van der Waals surface area contributed by atoms with E-state index in [4.69, 9.17) is 0 Å². The second-order valence-corrected chi connectivity index (χ2v) is 3.94. The normalized spacial score (nSPS) is 11.6. The van der Waals surface area contributed by atoms with Crippen molar-refractivity contribution in [3.63, 3.8) is 0 Å². The lowest BCUT2D eigenvalue weighted by Crippen LogP contribution is -2.16. The van der Waals surface area contributed by atoms with Crippen LogP contribution in [0.3, 0.4) is 0 Å². The highest BCUT2D eigenvalue weighted by Gasteiger charge is 2.30. The minimum Gasteiger partial charge on any atom is -0.372 e. The Morgan fingerprint density at radius 3 is 2.38 bits per heavy atom. The van der Waals surface area contributed by atoms with Crippen LogP contribution in [0.25, 0.3) is 0 Å². The Morgan fingerprint density at radius 1 is 1.31 bits per heavy atom. The van der Waals surface area contributed by atoms with Gasteiger partial charge in [0, 0.05) is 7.05 Å². The van der Waals surface area contributed by atoms with Crippen molar-refractivity contribution in [2.45, 2.75) is 25.9 Å². The van der Waals surface area contributed by atoms with Crippen LogP contribution in [0.2, 0.25) is 0 Å². The Balaban J connectivity index is 3.12. The number of hydrogen-bond acceptors (Lipinski definition) is 3. The lowest BCUT2D eigenvalue weighted by atomic mass is 10.3. The maximum absolute atomic E-state index is 12.2. The quantitative estimate of drug-likeness (QED) is 0.932. The van der Waals surface area contributed by atoms with Gasteiger partial charge in [-0.05, 0) is 22.4 Å². The number of halogens is 4. The number of rotatable bonds is 3. The number of aromatic nitrogens is 2. The van der Waals surface area contributed by atoms with Crippen molar-refractivity contribution in [1.29, 1.82) is 0 Å². The lowest BCUT2D eigenvalue weighted by Gasteiger charge is -2.11. The van der Waals surface area contributed by atoms with Crippen LogP contribution in [0.4, 0.5) is 19.0 Å². The summed E-state index contributed by atoms with van der Waals surface area (Å²) in [5.74, 6) is 0.169. The number of nitrogens with one attached hydrogen (secondary N) is 1. The molecule has 16 heavy (non-hydrogen) atoms. The lowest BCUT2D eigenvalue weighted by molar-refractivity contribution is -0.128. The number of alkyl halides is 3. The zero-order valence-corrected chi connectivity index (χ0v) is 10.4. The number of anilines is 1. The molecular weight excluding hydrogens is 287 g/mol. The van der Waals surface area contributed by atoms with Crippen molar-refractivity contribution in [2.75, 3.05) is 12.4 Å². The molecule has 0 bridgehead atoms. The fraction of sp³-hybridized carbons (Fsp3) is 0.556. The summed E-state index contributed by atoms with van der Waals surface area (Å²) in [5, 5.41) is 2.73. The number of aryl methyl sites for hydroxylation is 1. The van der Waals surface area contributed by atoms with Crippen molar-refractivity contribution >= 4 is 21.7 Å². The SMILES string of the molecule is CCc1nc(CC(F)(F)F)nc(NC)c1Br. The molecule has 0 aliphatic rings. The van der Waals surface area contributed by atoms with E-state index in [9.17, 15) is 13.2 Å². The smallest absolute Gasteiger partial charge is 0.372 e. The van der Waals surface area contributed by atoms with Gasteiger partial charge in [-0.3, -0.25) is 0 Å². The highest BCUT2D eigenvalue weighted by atomic mass is 79.9. The van der Waals surface area contributed by atoms with Crippen LogP contribution in [0.1, 0.15) is 18.4 Å². The summed E-state index contributed by atoms with van der Waals surface area (Å²) in [5.41, 5.74) is 0.568. The summed E-state index contributed by atoms with van der Waals surface area (Å²) < 4.78 is 37.2. The molecule has 1 N–H and O–H groups in total. The van der Waals surface area contributed by atoms with Crippen LogP contribution >= 0.6 is 15.9 Å². The van der Waals surface area contributed by atoms with E-state index in [0.717, 1.165) is 0 Å². The fourth-order valence-electron chi connectivity index (χ4n) is 1.20. The van der Waals surface area contributed by atoms with Crippen molar-refractivity contribution in [1.82, 2.24) is 9.97 Å². The Labute approximate surface area is 99.6 Å². The van der Waals surface area contributed by atoms with E-state index in [2.05, 4.69) is 31.2 Å².